The lowest BCUT2D eigenvalue weighted by Gasteiger charge is -2.15. The summed E-state index contributed by atoms with van der Waals surface area (Å²) in [6.07, 6.45) is 2.55. The summed E-state index contributed by atoms with van der Waals surface area (Å²) in [5.74, 6) is 1.14. The van der Waals surface area contributed by atoms with Crippen LogP contribution >= 0.6 is 35.7 Å². The van der Waals surface area contributed by atoms with Crippen molar-refractivity contribution in [1.29, 1.82) is 0 Å². The Morgan fingerprint density at radius 2 is 1.96 bits per heavy atom. The molecule has 0 bridgehead atoms. The van der Waals surface area contributed by atoms with Gasteiger partial charge in [-0.15, -0.1) is 24.0 Å². The van der Waals surface area contributed by atoms with Gasteiger partial charge in [-0.3, -0.25) is 14.6 Å². The number of nitrogens with one attached hydrogen (secondary N) is 3. The van der Waals surface area contributed by atoms with E-state index >= 15 is 0 Å². The van der Waals surface area contributed by atoms with Gasteiger partial charge in [-0.25, -0.2) is 0 Å². The fourth-order valence-electron chi connectivity index (χ4n) is 2.47. The van der Waals surface area contributed by atoms with Crippen molar-refractivity contribution >= 4 is 53.5 Å². The van der Waals surface area contributed by atoms with Gasteiger partial charge in [0.15, 0.2) is 5.96 Å². The molecule has 2 amide bonds. The Morgan fingerprint density at radius 3 is 2.54 bits per heavy atom. The first-order valence-corrected chi connectivity index (χ1v) is 9.35. The highest BCUT2D eigenvalue weighted by Crippen LogP contribution is 2.25. The predicted octanol–water partition coefficient (Wildman–Crippen LogP) is 1.08. The second-order valence-electron chi connectivity index (χ2n) is 5.79. The van der Waals surface area contributed by atoms with Crippen LogP contribution in [0.2, 0.25) is 0 Å². The highest BCUT2D eigenvalue weighted by atomic mass is 127. The summed E-state index contributed by atoms with van der Waals surface area (Å²) < 4.78 is 0. The predicted molar refractivity (Wildman–Crippen MR) is 117 cm³/mol. The summed E-state index contributed by atoms with van der Waals surface area (Å²) >= 11 is 2.01. The van der Waals surface area contributed by atoms with Gasteiger partial charge < -0.3 is 21.7 Å². The topological polar surface area (TPSA) is 109 Å². The molecule has 5 N–H and O–H groups in total. The molecule has 144 valence electrons. The summed E-state index contributed by atoms with van der Waals surface area (Å²) in [6.45, 7) is 1.37. The van der Waals surface area contributed by atoms with Crippen LogP contribution in [0.1, 0.15) is 28.8 Å². The SMILES string of the molecule is CN=C(NCc1ccc(C(=O)NCC(N)=O)cc1)NCC1CCCS1.I. The minimum atomic E-state index is -0.566. The molecule has 1 fully saturated rings. The normalized spacial score (nSPS) is 16.5. The van der Waals surface area contributed by atoms with Crippen LogP contribution in [0, 0.1) is 0 Å². The van der Waals surface area contributed by atoms with E-state index in [4.69, 9.17) is 5.73 Å². The molecular formula is C17H26IN5O2S. The maximum atomic E-state index is 11.8. The molecular weight excluding hydrogens is 465 g/mol. The molecule has 0 saturated carbocycles. The van der Waals surface area contributed by atoms with E-state index in [9.17, 15) is 9.59 Å². The van der Waals surface area contributed by atoms with Crippen LogP contribution in [-0.4, -0.2) is 48.9 Å². The van der Waals surface area contributed by atoms with Crippen molar-refractivity contribution < 1.29 is 9.59 Å². The molecule has 2 rings (SSSR count). The minimum Gasteiger partial charge on any atom is -0.368 e. The van der Waals surface area contributed by atoms with Crippen molar-refractivity contribution in [2.75, 3.05) is 25.9 Å². The Labute approximate surface area is 175 Å². The lowest BCUT2D eigenvalue weighted by Crippen LogP contribution is -2.39. The molecule has 0 spiro atoms. The number of carbonyl (C=O) groups is 2. The number of benzene rings is 1. The second-order valence-corrected chi connectivity index (χ2v) is 7.20. The van der Waals surface area contributed by atoms with E-state index in [1.54, 1.807) is 19.2 Å². The van der Waals surface area contributed by atoms with Gasteiger partial charge in [0.1, 0.15) is 0 Å². The first-order chi connectivity index (χ1) is 12.1. The largest absolute Gasteiger partial charge is 0.368 e. The van der Waals surface area contributed by atoms with Crippen LogP contribution in [0.4, 0.5) is 0 Å². The van der Waals surface area contributed by atoms with Gasteiger partial charge >= 0.3 is 0 Å². The average molecular weight is 491 g/mol. The number of carbonyl (C=O) groups excluding carboxylic acids is 2. The molecule has 1 saturated heterocycles. The molecule has 1 aromatic carbocycles. The van der Waals surface area contributed by atoms with Gasteiger partial charge in [0.25, 0.3) is 5.91 Å². The third-order valence-electron chi connectivity index (χ3n) is 3.84. The Morgan fingerprint density at radius 1 is 1.23 bits per heavy atom. The molecule has 1 heterocycles. The molecule has 1 unspecified atom stereocenters. The smallest absolute Gasteiger partial charge is 0.251 e. The number of nitrogens with two attached hydrogens (primary N) is 1. The first-order valence-electron chi connectivity index (χ1n) is 8.30. The van der Waals surface area contributed by atoms with Crippen molar-refractivity contribution in [3.63, 3.8) is 0 Å². The maximum absolute atomic E-state index is 11.8. The monoisotopic (exact) mass is 491 g/mol. The van der Waals surface area contributed by atoms with Gasteiger partial charge in [0, 0.05) is 31.0 Å². The lowest BCUT2D eigenvalue weighted by atomic mass is 10.1. The number of hydrogen-bond donors (Lipinski definition) is 4. The van der Waals surface area contributed by atoms with Gasteiger partial charge in [-0.2, -0.15) is 11.8 Å². The molecule has 1 aliphatic rings. The number of rotatable bonds is 7. The zero-order chi connectivity index (χ0) is 18.1. The molecule has 1 atom stereocenters. The highest BCUT2D eigenvalue weighted by molar-refractivity contribution is 14.0. The Balaban J connectivity index is 0.00000338. The number of nitrogens with zero attached hydrogens (tertiary/aromatic N) is 1. The number of hydrogen-bond acceptors (Lipinski definition) is 4. The average Bonchev–Trinajstić information content (AvgIpc) is 3.14. The fraction of sp³-hybridized carbons (Fsp3) is 0.471. The molecule has 1 aromatic rings. The summed E-state index contributed by atoms with van der Waals surface area (Å²) in [4.78, 5) is 26.7. The number of aliphatic imine (C=N–C) groups is 1. The number of guanidine groups is 1. The van der Waals surface area contributed by atoms with E-state index in [1.807, 2.05) is 23.9 Å². The van der Waals surface area contributed by atoms with E-state index in [0.29, 0.717) is 17.4 Å². The quantitative estimate of drug-likeness (QED) is 0.260. The zero-order valence-corrected chi connectivity index (χ0v) is 17.9. The van der Waals surface area contributed by atoms with Crippen LogP contribution in [-0.2, 0) is 11.3 Å². The second kappa shape index (κ2) is 12.0. The molecule has 0 aromatic heterocycles. The Kier molecular flexibility index (Phi) is 10.4. The fourth-order valence-corrected chi connectivity index (χ4v) is 3.67. The summed E-state index contributed by atoms with van der Waals surface area (Å²) in [7, 11) is 1.75. The number of halogens is 1. The molecule has 0 radical (unpaired) electrons. The van der Waals surface area contributed by atoms with Crippen LogP contribution < -0.4 is 21.7 Å². The number of thioether (sulfide) groups is 1. The van der Waals surface area contributed by atoms with E-state index in [2.05, 4.69) is 20.9 Å². The third kappa shape index (κ3) is 7.81. The van der Waals surface area contributed by atoms with E-state index in [0.717, 1.165) is 18.1 Å². The van der Waals surface area contributed by atoms with E-state index < -0.39 is 5.91 Å². The minimum absolute atomic E-state index is 0. The highest BCUT2D eigenvalue weighted by Gasteiger charge is 2.15. The van der Waals surface area contributed by atoms with E-state index in [-0.39, 0.29) is 36.4 Å². The molecule has 1 aliphatic heterocycles. The van der Waals surface area contributed by atoms with Crippen LogP contribution in [0.3, 0.4) is 0 Å². The number of primary amides is 1. The standard InChI is InChI=1S/C17H25N5O2S.HI/c1-19-17(22-10-14-3-2-8-25-14)21-9-12-4-6-13(7-5-12)16(24)20-11-15(18)23;/h4-7,14H,2-3,8-11H2,1H3,(H2,18,23)(H,20,24)(H2,19,21,22);1H. The van der Waals surface area contributed by atoms with Crippen LogP contribution in [0.5, 0.6) is 0 Å². The van der Waals surface area contributed by atoms with Gasteiger partial charge in [-0.1, -0.05) is 12.1 Å². The summed E-state index contributed by atoms with van der Waals surface area (Å²) in [6, 6.07) is 7.18. The number of amides is 2. The van der Waals surface area contributed by atoms with Crippen molar-refractivity contribution in [1.82, 2.24) is 16.0 Å². The molecule has 0 aliphatic carbocycles. The molecule has 7 nitrogen and oxygen atoms in total. The van der Waals surface area contributed by atoms with Crippen molar-refractivity contribution in [2.24, 2.45) is 10.7 Å². The zero-order valence-electron chi connectivity index (χ0n) is 14.8. The van der Waals surface area contributed by atoms with Crippen molar-refractivity contribution in [2.45, 2.75) is 24.6 Å². The Bertz CT molecular complexity index is 618. The van der Waals surface area contributed by atoms with Crippen molar-refractivity contribution in [3.05, 3.63) is 35.4 Å². The summed E-state index contributed by atoms with van der Waals surface area (Å²) in [5.41, 5.74) is 6.53. The summed E-state index contributed by atoms with van der Waals surface area (Å²) in [5, 5.41) is 9.74. The Hall–Kier alpha value is -1.49. The van der Waals surface area contributed by atoms with Gasteiger partial charge in [-0.05, 0) is 36.3 Å². The van der Waals surface area contributed by atoms with Crippen LogP contribution in [0.25, 0.3) is 0 Å². The van der Waals surface area contributed by atoms with Crippen molar-refractivity contribution in [3.8, 4) is 0 Å². The third-order valence-corrected chi connectivity index (χ3v) is 5.24. The van der Waals surface area contributed by atoms with Gasteiger partial charge in [0.05, 0.1) is 6.54 Å². The lowest BCUT2D eigenvalue weighted by molar-refractivity contribution is -0.117. The van der Waals surface area contributed by atoms with Crippen LogP contribution in [0.15, 0.2) is 29.3 Å². The molecule has 26 heavy (non-hydrogen) atoms. The van der Waals surface area contributed by atoms with Gasteiger partial charge in [0.2, 0.25) is 5.91 Å². The molecule has 9 heteroatoms. The maximum Gasteiger partial charge on any atom is 0.251 e. The first kappa shape index (κ1) is 22.6. The van der Waals surface area contributed by atoms with E-state index in [1.165, 1.54) is 18.6 Å².